The van der Waals surface area contributed by atoms with E-state index in [2.05, 4.69) is 10.0 Å². The number of nitrogens with one attached hydrogen (secondary N) is 2. The molecule has 116 valence electrons. The number of benzene rings is 1. The number of ether oxygens (including phenoxy) is 1. The SMILES string of the molecule is COc1c(N)cc(S(=O)(=O)NC2CCC(=O)NC2)cc1F. The maximum atomic E-state index is 13.7. The van der Waals surface area contributed by atoms with E-state index in [0.29, 0.717) is 6.42 Å². The fraction of sp³-hybridized carbons (Fsp3) is 0.417. The molecule has 0 aliphatic carbocycles. The summed E-state index contributed by atoms with van der Waals surface area (Å²) in [7, 11) is -2.68. The van der Waals surface area contributed by atoms with Crippen LogP contribution in [-0.2, 0) is 14.8 Å². The highest BCUT2D eigenvalue weighted by molar-refractivity contribution is 7.89. The van der Waals surface area contributed by atoms with Crippen LogP contribution in [-0.4, -0.2) is 34.0 Å². The Labute approximate surface area is 121 Å². The molecular weight excluding hydrogens is 301 g/mol. The van der Waals surface area contributed by atoms with Crippen LogP contribution in [0.25, 0.3) is 0 Å². The first-order valence-electron chi connectivity index (χ1n) is 6.25. The highest BCUT2D eigenvalue weighted by Gasteiger charge is 2.25. The van der Waals surface area contributed by atoms with Gasteiger partial charge in [-0.15, -0.1) is 0 Å². The minimum atomic E-state index is -3.92. The fourth-order valence-corrected chi connectivity index (χ4v) is 3.40. The first-order chi connectivity index (χ1) is 9.83. The Morgan fingerprint density at radius 1 is 1.48 bits per heavy atom. The summed E-state index contributed by atoms with van der Waals surface area (Å²) in [5.74, 6) is -1.17. The standard InChI is InChI=1S/C12H16FN3O4S/c1-20-12-9(13)4-8(5-10(12)14)21(18,19)16-7-2-3-11(17)15-6-7/h4-5,7,16H,2-3,6,14H2,1H3,(H,15,17). The summed E-state index contributed by atoms with van der Waals surface area (Å²) in [5.41, 5.74) is 5.46. The maximum Gasteiger partial charge on any atom is 0.241 e. The van der Waals surface area contributed by atoms with Gasteiger partial charge >= 0.3 is 0 Å². The normalized spacial score (nSPS) is 19.1. The molecule has 2 rings (SSSR count). The first kappa shape index (κ1) is 15.5. The van der Waals surface area contributed by atoms with Crippen molar-refractivity contribution in [2.24, 2.45) is 0 Å². The third kappa shape index (κ3) is 3.42. The summed E-state index contributed by atoms with van der Waals surface area (Å²) < 4.78 is 45.3. The van der Waals surface area contributed by atoms with E-state index < -0.39 is 21.9 Å². The van der Waals surface area contributed by atoms with Crippen molar-refractivity contribution in [2.75, 3.05) is 19.4 Å². The van der Waals surface area contributed by atoms with Crippen LogP contribution in [0.5, 0.6) is 5.75 Å². The minimum absolute atomic E-state index is 0.102. The number of sulfonamides is 1. The number of carbonyl (C=O) groups is 1. The molecule has 1 saturated heterocycles. The summed E-state index contributed by atoms with van der Waals surface area (Å²) in [6, 6.07) is 1.55. The number of carbonyl (C=O) groups excluding carboxylic acids is 1. The van der Waals surface area contributed by atoms with Gasteiger partial charge in [-0.1, -0.05) is 0 Å². The average Bonchev–Trinajstić information content (AvgIpc) is 2.41. The van der Waals surface area contributed by atoms with E-state index in [4.69, 9.17) is 10.5 Å². The Morgan fingerprint density at radius 3 is 2.71 bits per heavy atom. The van der Waals surface area contributed by atoms with Gasteiger partial charge in [0.15, 0.2) is 11.6 Å². The van der Waals surface area contributed by atoms with Crippen molar-refractivity contribution in [3.05, 3.63) is 17.9 Å². The Morgan fingerprint density at radius 2 is 2.19 bits per heavy atom. The first-order valence-corrected chi connectivity index (χ1v) is 7.74. The van der Waals surface area contributed by atoms with Crippen LogP contribution < -0.4 is 20.5 Å². The lowest BCUT2D eigenvalue weighted by molar-refractivity contribution is -0.122. The van der Waals surface area contributed by atoms with E-state index in [1.165, 1.54) is 7.11 Å². The summed E-state index contributed by atoms with van der Waals surface area (Å²) in [6.07, 6.45) is 0.630. The topological polar surface area (TPSA) is 111 Å². The molecule has 1 amide bonds. The van der Waals surface area contributed by atoms with Gasteiger partial charge in [-0.3, -0.25) is 4.79 Å². The zero-order valence-electron chi connectivity index (χ0n) is 11.3. The predicted molar refractivity (Wildman–Crippen MR) is 73.7 cm³/mol. The predicted octanol–water partition coefficient (Wildman–Crippen LogP) is -0.0266. The number of anilines is 1. The summed E-state index contributed by atoms with van der Waals surface area (Å²) >= 11 is 0. The summed E-state index contributed by atoms with van der Waals surface area (Å²) in [4.78, 5) is 10.8. The quantitative estimate of drug-likeness (QED) is 0.676. The number of rotatable bonds is 4. The van der Waals surface area contributed by atoms with Gasteiger partial charge in [0.05, 0.1) is 17.7 Å². The molecule has 1 aromatic carbocycles. The lowest BCUT2D eigenvalue weighted by Gasteiger charge is -2.23. The lowest BCUT2D eigenvalue weighted by atomic mass is 10.1. The highest BCUT2D eigenvalue weighted by atomic mass is 32.2. The van der Waals surface area contributed by atoms with E-state index in [1.807, 2.05) is 0 Å². The highest BCUT2D eigenvalue weighted by Crippen LogP contribution is 2.28. The second kappa shape index (κ2) is 5.86. The Hall–Kier alpha value is -1.87. The number of nitrogens with two attached hydrogens (primary N) is 1. The Kier molecular flexibility index (Phi) is 4.33. The van der Waals surface area contributed by atoms with Crippen LogP contribution >= 0.6 is 0 Å². The molecule has 9 heteroatoms. The molecule has 4 N–H and O–H groups in total. The van der Waals surface area contributed by atoms with Crippen LogP contribution in [0.4, 0.5) is 10.1 Å². The molecule has 0 aromatic heterocycles. The van der Waals surface area contributed by atoms with E-state index in [1.54, 1.807) is 0 Å². The average molecular weight is 317 g/mol. The van der Waals surface area contributed by atoms with Gasteiger partial charge in [0.2, 0.25) is 15.9 Å². The monoisotopic (exact) mass is 317 g/mol. The van der Waals surface area contributed by atoms with Crippen LogP contribution in [0.15, 0.2) is 17.0 Å². The van der Waals surface area contributed by atoms with Crippen LogP contribution in [0.2, 0.25) is 0 Å². The molecule has 1 atom stereocenters. The van der Waals surface area contributed by atoms with Crippen molar-refractivity contribution in [1.82, 2.24) is 10.0 Å². The zero-order valence-corrected chi connectivity index (χ0v) is 12.2. The Balaban J connectivity index is 2.22. The molecule has 1 aliphatic rings. The zero-order chi connectivity index (χ0) is 15.6. The molecule has 0 radical (unpaired) electrons. The van der Waals surface area contributed by atoms with E-state index in [0.717, 1.165) is 12.1 Å². The van der Waals surface area contributed by atoms with Crippen LogP contribution in [0, 0.1) is 5.82 Å². The second-order valence-electron chi connectivity index (χ2n) is 4.69. The molecule has 0 saturated carbocycles. The number of nitrogen functional groups attached to an aromatic ring is 1. The fourth-order valence-electron chi connectivity index (χ4n) is 2.08. The van der Waals surface area contributed by atoms with Crippen LogP contribution in [0.1, 0.15) is 12.8 Å². The molecule has 1 unspecified atom stereocenters. The number of halogens is 1. The van der Waals surface area contributed by atoms with Gasteiger partial charge in [-0.2, -0.15) is 0 Å². The number of piperidine rings is 1. The molecule has 1 aliphatic heterocycles. The van der Waals surface area contributed by atoms with Gasteiger partial charge in [0, 0.05) is 19.0 Å². The van der Waals surface area contributed by atoms with Crippen LogP contribution in [0.3, 0.4) is 0 Å². The van der Waals surface area contributed by atoms with Gasteiger partial charge in [0.1, 0.15) is 0 Å². The lowest BCUT2D eigenvalue weighted by Crippen LogP contribution is -2.47. The number of amides is 1. The summed E-state index contributed by atoms with van der Waals surface area (Å²) in [5, 5.41) is 2.56. The van der Waals surface area contributed by atoms with Crippen molar-refractivity contribution in [3.63, 3.8) is 0 Å². The largest absolute Gasteiger partial charge is 0.492 e. The van der Waals surface area contributed by atoms with E-state index >= 15 is 0 Å². The number of hydrogen-bond donors (Lipinski definition) is 3. The van der Waals surface area contributed by atoms with E-state index in [9.17, 15) is 17.6 Å². The maximum absolute atomic E-state index is 13.7. The molecule has 1 fully saturated rings. The van der Waals surface area contributed by atoms with Crippen molar-refractivity contribution >= 4 is 21.6 Å². The smallest absolute Gasteiger partial charge is 0.241 e. The minimum Gasteiger partial charge on any atom is -0.492 e. The van der Waals surface area contributed by atoms with Crippen molar-refractivity contribution < 1.29 is 22.3 Å². The van der Waals surface area contributed by atoms with Crippen molar-refractivity contribution in [2.45, 2.75) is 23.8 Å². The van der Waals surface area contributed by atoms with Crippen molar-refractivity contribution in [1.29, 1.82) is 0 Å². The van der Waals surface area contributed by atoms with Gasteiger partial charge in [-0.25, -0.2) is 17.5 Å². The second-order valence-corrected chi connectivity index (χ2v) is 6.40. The third-order valence-electron chi connectivity index (χ3n) is 3.15. The number of hydrogen-bond acceptors (Lipinski definition) is 5. The molecule has 7 nitrogen and oxygen atoms in total. The Bertz CT molecular complexity index is 629. The van der Waals surface area contributed by atoms with Gasteiger partial charge in [0.25, 0.3) is 0 Å². The molecule has 1 heterocycles. The molecule has 21 heavy (non-hydrogen) atoms. The number of methoxy groups -OCH3 is 1. The molecular formula is C12H16FN3O4S. The molecule has 0 bridgehead atoms. The summed E-state index contributed by atoms with van der Waals surface area (Å²) in [6.45, 7) is 0.201. The third-order valence-corrected chi connectivity index (χ3v) is 4.65. The van der Waals surface area contributed by atoms with Crippen molar-refractivity contribution in [3.8, 4) is 5.75 Å². The van der Waals surface area contributed by atoms with Gasteiger partial charge < -0.3 is 15.8 Å². The molecule has 1 aromatic rings. The van der Waals surface area contributed by atoms with Gasteiger partial charge in [-0.05, 0) is 18.6 Å². The molecule has 0 spiro atoms. The van der Waals surface area contributed by atoms with E-state index in [-0.39, 0.29) is 35.2 Å².